The predicted octanol–water partition coefficient (Wildman–Crippen LogP) is 2.16. The fourth-order valence-corrected chi connectivity index (χ4v) is 2.80. The van der Waals surface area contributed by atoms with Gasteiger partial charge < -0.3 is 14.2 Å². The van der Waals surface area contributed by atoms with E-state index in [-0.39, 0.29) is 12.0 Å². The number of ether oxygens (including phenoxy) is 1. The molecular formula is C18H19N5O3. The van der Waals surface area contributed by atoms with Crippen LogP contribution in [-0.2, 0) is 6.54 Å². The van der Waals surface area contributed by atoms with Gasteiger partial charge in [0, 0.05) is 18.3 Å². The second-order valence-electron chi connectivity index (χ2n) is 6.18. The first-order valence-corrected chi connectivity index (χ1v) is 8.52. The van der Waals surface area contributed by atoms with Gasteiger partial charge in [-0.25, -0.2) is 0 Å². The van der Waals surface area contributed by atoms with Crippen molar-refractivity contribution in [2.45, 2.75) is 26.5 Å². The van der Waals surface area contributed by atoms with Crippen molar-refractivity contribution in [3.8, 4) is 17.2 Å². The van der Waals surface area contributed by atoms with Gasteiger partial charge in [-0.15, -0.1) is 0 Å². The molecule has 26 heavy (non-hydrogen) atoms. The molecule has 8 heteroatoms. The standard InChI is InChI=1S/C18H19N5O3/c1-3-23-8-7-16(20-23)18(24)22-10-15(11-22)25-14-6-4-5-13(9-14)17-19-12(2)21-26-17/h4-9,15H,3,10-11H2,1-2H3. The third-order valence-corrected chi connectivity index (χ3v) is 4.23. The van der Waals surface area contributed by atoms with Gasteiger partial charge in [-0.1, -0.05) is 11.2 Å². The molecule has 1 aliphatic heterocycles. The molecule has 0 bridgehead atoms. The fourth-order valence-electron chi connectivity index (χ4n) is 2.80. The van der Waals surface area contributed by atoms with Crippen LogP contribution < -0.4 is 4.74 Å². The van der Waals surface area contributed by atoms with E-state index in [1.54, 1.807) is 22.6 Å². The van der Waals surface area contributed by atoms with E-state index in [4.69, 9.17) is 9.26 Å². The molecule has 0 spiro atoms. The first-order valence-electron chi connectivity index (χ1n) is 8.52. The lowest BCUT2D eigenvalue weighted by Gasteiger charge is -2.38. The molecule has 0 atom stereocenters. The van der Waals surface area contributed by atoms with Crippen LogP contribution in [0.3, 0.4) is 0 Å². The van der Waals surface area contributed by atoms with Crippen LogP contribution in [0.4, 0.5) is 0 Å². The Morgan fingerprint density at radius 3 is 2.88 bits per heavy atom. The smallest absolute Gasteiger partial charge is 0.274 e. The summed E-state index contributed by atoms with van der Waals surface area (Å²) in [6.07, 6.45) is 1.78. The molecular weight excluding hydrogens is 334 g/mol. The molecule has 1 amide bonds. The number of carbonyl (C=O) groups excluding carboxylic acids is 1. The zero-order chi connectivity index (χ0) is 18.1. The maximum atomic E-state index is 12.4. The molecule has 4 rings (SSSR count). The molecule has 2 aromatic heterocycles. The van der Waals surface area contributed by atoms with Crippen molar-refractivity contribution in [2.75, 3.05) is 13.1 Å². The molecule has 0 N–H and O–H groups in total. The molecule has 8 nitrogen and oxygen atoms in total. The number of aryl methyl sites for hydroxylation is 2. The molecule has 0 radical (unpaired) electrons. The monoisotopic (exact) mass is 353 g/mol. The van der Waals surface area contributed by atoms with E-state index in [0.29, 0.717) is 36.2 Å². The largest absolute Gasteiger partial charge is 0.487 e. The van der Waals surface area contributed by atoms with Crippen LogP contribution in [-0.4, -0.2) is 49.9 Å². The number of nitrogens with zero attached hydrogens (tertiary/aromatic N) is 5. The average Bonchev–Trinajstić information content (AvgIpc) is 3.26. The Morgan fingerprint density at radius 1 is 1.35 bits per heavy atom. The summed E-state index contributed by atoms with van der Waals surface area (Å²) < 4.78 is 12.9. The maximum Gasteiger partial charge on any atom is 0.274 e. The van der Waals surface area contributed by atoms with Gasteiger partial charge in [0.25, 0.3) is 11.8 Å². The first-order chi connectivity index (χ1) is 12.6. The molecule has 134 valence electrons. The number of aromatic nitrogens is 4. The van der Waals surface area contributed by atoms with Gasteiger partial charge in [-0.05, 0) is 38.1 Å². The number of rotatable bonds is 5. The highest BCUT2D eigenvalue weighted by molar-refractivity contribution is 5.92. The molecule has 3 aromatic rings. The van der Waals surface area contributed by atoms with E-state index in [1.807, 2.05) is 37.4 Å². The lowest BCUT2D eigenvalue weighted by Crippen LogP contribution is -2.56. The molecule has 3 heterocycles. The Balaban J connectivity index is 1.36. The molecule has 1 aliphatic rings. The minimum atomic E-state index is -0.0628. The summed E-state index contributed by atoms with van der Waals surface area (Å²) in [5, 5.41) is 8.05. The second kappa shape index (κ2) is 6.62. The second-order valence-corrected chi connectivity index (χ2v) is 6.18. The van der Waals surface area contributed by atoms with Crippen molar-refractivity contribution in [1.29, 1.82) is 0 Å². The summed E-state index contributed by atoms with van der Waals surface area (Å²) in [5.41, 5.74) is 1.28. The van der Waals surface area contributed by atoms with Crippen molar-refractivity contribution >= 4 is 5.91 Å². The third kappa shape index (κ3) is 3.17. The van der Waals surface area contributed by atoms with Crippen molar-refractivity contribution in [3.05, 3.63) is 48.0 Å². The minimum Gasteiger partial charge on any atom is -0.487 e. The Labute approximate surface area is 150 Å². The van der Waals surface area contributed by atoms with Crippen molar-refractivity contribution < 1.29 is 14.1 Å². The van der Waals surface area contributed by atoms with Gasteiger partial charge in [0.15, 0.2) is 5.82 Å². The summed E-state index contributed by atoms with van der Waals surface area (Å²) in [6, 6.07) is 9.25. The number of likely N-dealkylation sites (tertiary alicyclic amines) is 1. The fraction of sp³-hybridized carbons (Fsp3) is 0.333. The van der Waals surface area contributed by atoms with Gasteiger partial charge in [-0.3, -0.25) is 9.48 Å². The van der Waals surface area contributed by atoms with Crippen LogP contribution in [0.5, 0.6) is 5.75 Å². The summed E-state index contributed by atoms with van der Waals surface area (Å²) in [6.45, 7) is 5.59. The van der Waals surface area contributed by atoms with Crippen molar-refractivity contribution in [3.63, 3.8) is 0 Å². The summed E-state index contributed by atoms with van der Waals surface area (Å²) in [4.78, 5) is 18.3. The molecule has 1 fully saturated rings. The SMILES string of the molecule is CCn1ccc(C(=O)N2CC(Oc3cccc(-c4nc(C)no4)c3)C2)n1. The van der Waals surface area contributed by atoms with Gasteiger partial charge >= 0.3 is 0 Å². The van der Waals surface area contributed by atoms with E-state index in [1.165, 1.54) is 0 Å². The molecule has 1 aromatic carbocycles. The molecule has 0 unspecified atom stereocenters. The number of amides is 1. The first kappa shape index (κ1) is 16.3. The minimum absolute atomic E-state index is 0.0353. The highest BCUT2D eigenvalue weighted by atomic mass is 16.5. The summed E-state index contributed by atoms with van der Waals surface area (Å²) in [7, 11) is 0. The van der Waals surface area contributed by atoms with Crippen molar-refractivity contribution in [2.24, 2.45) is 0 Å². The van der Waals surface area contributed by atoms with Crippen LogP contribution in [0.15, 0.2) is 41.1 Å². The summed E-state index contributed by atoms with van der Waals surface area (Å²) >= 11 is 0. The highest BCUT2D eigenvalue weighted by Gasteiger charge is 2.33. The predicted molar refractivity (Wildman–Crippen MR) is 92.7 cm³/mol. The quantitative estimate of drug-likeness (QED) is 0.699. The zero-order valence-corrected chi connectivity index (χ0v) is 14.6. The topological polar surface area (TPSA) is 86.3 Å². The van der Waals surface area contributed by atoms with Crippen LogP contribution in [0.25, 0.3) is 11.5 Å². The number of hydrogen-bond acceptors (Lipinski definition) is 6. The van der Waals surface area contributed by atoms with Crippen LogP contribution >= 0.6 is 0 Å². The Bertz CT molecular complexity index is 926. The molecule has 0 saturated carbocycles. The van der Waals surface area contributed by atoms with E-state index in [9.17, 15) is 4.79 Å². The molecule has 1 saturated heterocycles. The average molecular weight is 353 g/mol. The lowest BCUT2D eigenvalue weighted by molar-refractivity contribution is 0.0173. The Morgan fingerprint density at radius 2 is 2.19 bits per heavy atom. The highest BCUT2D eigenvalue weighted by Crippen LogP contribution is 2.25. The van der Waals surface area contributed by atoms with Gasteiger partial charge in [0.05, 0.1) is 13.1 Å². The maximum absolute atomic E-state index is 12.4. The van der Waals surface area contributed by atoms with E-state index in [2.05, 4.69) is 15.2 Å². The lowest BCUT2D eigenvalue weighted by atomic mass is 10.1. The third-order valence-electron chi connectivity index (χ3n) is 4.23. The number of hydrogen-bond donors (Lipinski definition) is 0. The van der Waals surface area contributed by atoms with Gasteiger partial charge in [-0.2, -0.15) is 10.1 Å². The van der Waals surface area contributed by atoms with Crippen LogP contribution in [0, 0.1) is 6.92 Å². The Hall–Kier alpha value is -3.16. The number of benzene rings is 1. The van der Waals surface area contributed by atoms with E-state index < -0.39 is 0 Å². The van der Waals surface area contributed by atoms with Crippen LogP contribution in [0.2, 0.25) is 0 Å². The van der Waals surface area contributed by atoms with Crippen LogP contribution in [0.1, 0.15) is 23.2 Å². The summed E-state index contributed by atoms with van der Waals surface area (Å²) in [5.74, 6) is 1.70. The number of carbonyl (C=O) groups is 1. The van der Waals surface area contributed by atoms with Gasteiger partial charge in [0.1, 0.15) is 17.5 Å². The Kier molecular flexibility index (Phi) is 4.16. The van der Waals surface area contributed by atoms with Gasteiger partial charge in [0.2, 0.25) is 0 Å². The molecule has 0 aliphatic carbocycles. The van der Waals surface area contributed by atoms with Crippen molar-refractivity contribution in [1.82, 2.24) is 24.8 Å². The zero-order valence-electron chi connectivity index (χ0n) is 14.6. The normalized spacial score (nSPS) is 14.3. The van der Waals surface area contributed by atoms with E-state index >= 15 is 0 Å². The van der Waals surface area contributed by atoms with E-state index in [0.717, 1.165) is 12.1 Å².